The quantitative estimate of drug-likeness (QED) is 0.574. The molecular weight excluding hydrogens is 266 g/mol. The van der Waals surface area contributed by atoms with E-state index in [9.17, 15) is 14.9 Å². The molecule has 0 N–H and O–H groups in total. The highest BCUT2D eigenvalue weighted by Gasteiger charge is 2.06. The van der Waals surface area contributed by atoms with Crippen molar-refractivity contribution in [3.8, 4) is 0 Å². The number of carbonyl (C=O) groups excluding carboxylic acids is 1. The Kier molecular flexibility index (Phi) is 5.21. The summed E-state index contributed by atoms with van der Waals surface area (Å²) in [5.41, 5.74) is 2.20. The first-order valence-electron chi connectivity index (χ1n) is 6.94. The summed E-state index contributed by atoms with van der Waals surface area (Å²) >= 11 is 0. The Hall–Kier alpha value is -2.49. The number of hydrogen-bond donors (Lipinski definition) is 0. The van der Waals surface area contributed by atoms with Crippen molar-refractivity contribution in [2.45, 2.75) is 25.7 Å². The minimum Gasteiger partial charge on any atom is -0.300 e. The highest BCUT2D eigenvalue weighted by molar-refractivity contribution is 5.78. The lowest BCUT2D eigenvalue weighted by Crippen LogP contribution is -2.02. The molecule has 21 heavy (non-hydrogen) atoms. The Balaban J connectivity index is 1.77. The van der Waals surface area contributed by atoms with Crippen molar-refractivity contribution in [1.29, 1.82) is 0 Å². The van der Waals surface area contributed by atoms with Crippen LogP contribution in [0.3, 0.4) is 0 Å². The van der Waals surface area contributed by atoms with Crippen LogP contribution in [0.25, 0.3) is 0 Å². The van der Waals surface area contributed by atoms with Gasteiger partial charge in [0, 0.05) is 25.0 Å². The van der Waals surface area contributed by atoms with Crippen molar-refractivity contribution in [2.75, 3.05) is 0 Å². The van der Waals surface area contributed by atoms with E-state index in [0.717, 1.165) is 12.0 Å². The van der Waals surface area contributed by atoms with Gasteiger partial charge >= 0.3 is 0 Å². The van der Waals surface area contributed by atoms with E-state index >= 15 is 0 Å². The Morgan fingerprint density at radius 2 is 1.38 bits per heavy atom. The zero-order chi connectivity index (χ0) is 15.1. The second-order valence-corrected chi connectivity index (χ2v) is 4.95. The van der Waals surface area contributed by atoms with Crippen LogP contribution < -0.4 is 0 Å². The van der Waals surface area contributed by atoms with Crippen LogP contribution in [-0.4, -0.2) is 10.7 Å². The summed E-state index contributed by atoms with van der Waals surface area (Å²) in [5.74, 6) is 0.220. The number of rotatable bonds is 7. The smallest absolute Gasteiger partial charge is 0.269 e. The van der Waals surface area contributed by atoms with Gasteiger partial charge in [0.1, 0.15) is 5.78 Å². The van der Waals surface area contributed by atoms with Gasteiger partial charge in [-0.2, -0.15) is 0 Å². The lowest BCUT2D eigenvalue weighted by molar-refractivity contribution is -0.384. The molecule has 0 aliphatic rings. The fourth-order valence-corrected chi connectivity index (χ4v) is 2.12. The van der Waals surface area contributed by atoms with E-state index in [1.54, 1.807) is 12.1 Å². The third-order valence-electron chi connectivity index (χ3n) is 3.38. The van der Waals surface area contributed by atoms with Crippen LogP contribution in [0, 0.1) is 10.1 Å². The highest BCUT2D eigenvalue weighted by Crippen LogP contribution is 2.14. The molecule has 0 saturated heterocycles. The standard InChI is InChI=1S/C17H17NO3/c19-17(12-8-14-4-2-1-3-5-14)13-9-15-6-10-16(11-7-15)18(20)21/h1-7,10-11H,8-9,12-13H2. The third-order valence-corrected chi connectivity index (χ3v) is 3.38. The zero-order valence-corrected chi connectivity index (χ0v) is 11.7. The molecule has 0 amide bonds. The summed E-state index contributed by atoms with van der Waals surface area (Å²) in [7, 11) is 0. The molecule has 0 aliphatic carbocycles. The number of non-ortho nitro benzene ring substituents is 1. The Morgan fingerprint density at radius 3 is 1.90 bits per heavy atom. The Morgan fingerprint density at radius 1 is 0.857 bits per heavy atom. The molecular formula is C17H17NO3. The maximum Gasteiger partial charge on any atom is 0.269 e. The molecule has 4 heteroatoms. The summed E-state index contributed by atoms with van der Waals surface area (Å²) in [6.07, 6.45) is 2.41. The minimum absolute atomic E-state index is 0.0779. The van der Waals surface area contributed by atoms with Crippen molar-refractivity contribution in [3.63, 3.8) is 0 Å². The monoisotopic (exact) mass is 283 g/mol. The Labute approximate surface area is 123 Å². The van der Waals surface area contributed by atoms with E-state index in [2.05, 4.69) is 0 Å². The second kappa shape index (κ2) is 7.33. The largest absolute Gasteiger partial charge is 0.300 e. The van der Waals surface area contributed by atoms with Gasteiger partial charge in [-0.3, -0.25) is 14.9 Å². The van der Waals surface area contributed by atoms with Gasteiger partial charge in [-0.05, 0) is 24.0 Å². The lowest BCUT2D eigenvalue weighted by atomic mass is 10.0. The average Bonchev–Trinajstić information content (AvgIpc) is 2.52. The van der Waals surface area contributed by atoms with Crippen molar-refractivity contribution in [2.24, 2.45) is 0 Å². The number of Topliss-reactive ketones (excluding diaryl/α,β-unsaturated/α-hetero) is 1. The van der Waals surface area contributed by atoms with E-state index in [1.165, 1.54) is 17.7 Å². The van der Waals surface area contributed by atoms with Crippen molar-refractivity contribution in [3.05, 3.63) is 75.8 Å². The van der Waals surface area contributed by atoms with E-state index in [4.69, 9.17) is 0 Å². The molecule has 0 radical (unpaired) electrons. The summed E-state index contributed by atoms with van der Waals surface area (Å²) in [4.78, 5) is 22.0. The first-order chi connectivity index (χ1) is 10.1. The topological polar surface area (TPSA) is 60.2 Å². The number of hydrogen-bond acceptors (Lipinski definition) is 3. The minimum atomic E-state index is -0.422. The molecule has 2 aromatic carbocycles. The lowest BCUT2D eigenvalue weighted by Gasteiger charge is -2.02. The van der Waals surface area contributed by atoms with E-state index in [0.29, 0.717) is 19.3 Å². The van der Waals surface area contributed by atoms with Gasteiger partial charge in [-0.1, -0.05) is 42.5 Å². The van der Waals surface area contributed by atoms with Crippen LogP contribution in [0.5, 0.6) is 0 Å². The van der Waals surface area contributed by atoms with Crippen LogP contribution in [0.4, 0.5) is 5.69 Å². The maximum absolute atomic E-state index is 11.9. The first kappa shape index (κ1) is 14.9. The van der Waals surface area contributed by atoms with Gasteiger partial charge in [0.05, 0.1) is 4.92 Å². The fraction of sp³-hybridized carbons (Fsp3) is 0.235. The van der Waals surface area contributed by atoms with Crippen LogP contribution >= 0.6 is 0 Å². The molecule has 2 aromatic rings. The van der Waals surface area contributed by atoms with Crippen molar-refractivity contribution < 1.29 is 9.72 Å². The summed E-state index contributed by atoms with van der Waals surface area (Å²) in [5, 5.41) is 10.5. The van der Waals surface area contributed by atoms with Crippen molar-refractivity contribution >= 4 is 11.5 Å². The van der Waals surface area contributed by atoms with Gasteiger partial charge < -0.3 is 0 Å². The molecule has 108 valence electrons. The first-order valence-corrected chi connectivity index (χ1v) is 6.94. The summed E-state index contributed by atoms with van der Waals surface area (Å²) in [6.45, 7) is 0. The third kappa shape index (κ3) is 4.84. The van der Waals surface area contributed by atoms with Gasteiger partial charge in [0.25, 0.3) is 5.69 Å². The number of nitrogens with zero attached hydrogens (tertiary/aromatic N) is 1. The molecule has 0 bridgehead atoms. The average molecular weight is 283 g/mol. The molecule has 4 nitrogen and oxygen atoms in total. The molecule has 0 heterocycles. The van der Waals surface area contributed by atoms with Crippen LogP contribution in [0.15, 0.2) is 54.6 Å². The zero-order valence-electron chi connectivity index (χ0n) is 11.7. The molecule has 2 rings (SSSR count). The SMILES string of the molecule is O=C(CCc1ccccc1)CCc1ccc([N+](=O)[O-])cc1. The Bertz CT molecular complexity index is 606. The van der Waals surface area contributed by atoms with Gasteiger partial charge in [-0.25, -0.2) is 0 Å². The normalized spacial score (nSPS) is 10.3. The predicted octanol–water partition coefficient (Wildman–Crippen LogP) is 3.73. The highest BCUT2D eigenvalue weighted by atomic mass is 16.6. The molecule has 0 spiro atoms. The van der Waals surface area contributed by atoms with Gasteiger partial charge in [0.2, 0.25) is 0 Å². The van der Waals surface area contributed by atoms with E-state index in [1.807, 2.05) is 30.3 Å². The van der Waals surface area contributed by atoms with Crippen LogP contribution in [0.2, 0.25) is 0 Å². The number of ketones is 1. The van der Waals surface area contributed by atoms with E-state index < -0.39 is 4.92 Å². The summed E-state index contributed by atoms with van der Waals surface area (Å²) in [6, 6.07) is 16.3. The molecule has 0 fully saturated rings. The fourth-order valence-electron chi connectivity index (χ4n) is 2.12. The summed E-state index contributed by atoms with van der Waals surface area (Å²) < 4.78 is 0. The number of nitro benzene ring substituents is 1. The van der Waals surface area contributed by atoms with Gasteiger partial charge in [0.15, 0.2) is 0 Å². The molecule has 0 aromatic heterocycles. The predicted molar refractivity (Wildman–Crippen MR) is 81.2 cm³/mol. The molecule has 0 aliphatic heterocycles. The molecule has 0 unspecified atom stereocenters. The molecule has 0 atom stereocenters. The van der Waals surface area contributed by atoms with Crippen LogP contribution in [0.1, 0.15) is 24.0 Å². The number of benzene rings is 2. The van der Waals surface area contributed by atoms with Gasteiger partial charge in [-0.15, -0.1) is 0 Å². The maximum atomic E-state index is 11.9. The number of nitro groups is 1. The van der Waals surface area contributed by atoms with Crippen molar-refractivity contribution in [1.82, 2.24) is 0 Å². The number of aryl methyl sites for hydroxylation is 2. The van der Waals surface area contributed by atoms with E-state index in [-0.39, 0.29) is 11.5 Å². The van der Waals surface area contributed by atoms with Crippen LogP contribution in [-0.2, 0) is 17.6 Å². The molecule has 0 saturated carbocycles. The number of carbonyl (C=O) groups is 1. The second-order valence-electron chi connectivity index (χ2n) is 4.95.